The summed E-state index contributed by atoms with van der Waals surface area (Å²) in [5, 5.41) is 0.717. The number of piperidine rings is 1. The minimum atomic E-state index is 0.417. The zero-order valence-corrected chi connectivity index (χ0v) is 10.0. The molecule has 2 rings (SSSR count). The number of rotatable bonds is 2. The van der Waals surface area contributed by atoms with Crippen molar-refractivity contribution in [1.29, 1.82) is 0 Å². The molecule has 82 valence electrons. The fraction of sp³-hybridized carbons (Fsp3) is 0.545. The average molecular weight is 245 g/mol. The molecule has 1 aliphatic heterocycles. The van der Waals surface area contributed by atoms with Crippen LogP contribution in [-0.4, -0.2) is 23.5 Å². The summed E-state index contributed by atoms with van der Waals surface area (Å²) >= 11 is 12.1. The molecule has 1 unspecified atom stereocenters. The number of nitrogens with zero attached hydrogens (tertiary/aromatic N) is 2. The topological polar surface area (TPSA) is 16.1 Å². The molecule has 1 saturated heterocycles. The van der Waals surface area contributed by atoms with Gasteiger partial charge in [-0.2, -0.15) is 0 Å². The maximum atomic E-state index is 6.13. The number of alkyl halides is 1. The van der Waals surface area contributed by atoms with Crippen LogP contribution in [0.5, 0.6) is 0 Å². The van der Waals surface area contributed by atoms with E-state index >= 15 is 0 Å². The lowest BCUT2D eigenvalue weighted by molar-refractivity contribution is 0.488. The largest absolute Gasteiger partial charge is 0.366 e. The van der Waals surface area contributed by atoms with Gasteiger partial charge in [0.05, 0.1) is 10.7 Å². The number of hydrogen-bond donors (Lipinski definition) is 0. The Kier molecular flexibility index (Phi) is 3.71. The number of pyridine rings is 1. The van der Waals surface area contributed by atoms with Crippen LogP contribution < -0.4 is 4.90 Å². The summed E-state index contributed by atoms with van der Waals surface area (Å²) in [7, 11) is 0. The van der Waals surface area contributed by atoms with Gasteiger partial charge in [-0.25, -0.2) is 0 Å². The Bertz CT molecular complexity index is 330. The molecule has 1 aliphatic rings. The molecule has 0 amide bonds. The van der Waals surface area contributed by atoms with E-state index in [0.717, 1.165) is 23.7 Å². The minimum Gasteiger partial charge on any atom is -0.366 e. The van der Waals surface area contributed by atoms with Gasteiger partial charge in [-0.3, -0.25) is 4.98 Å². The van der Waals surface area contributed by atoms with Crippen molar-refractivity contribution in [2.75, 3.05) is 17.3 Å². The van der Waals surface area contributed by atoms with Crippen LogP contribution in [0.3, 0.4) is 0 Å². The summed E-state index contributed by atoms with van der Waals surface area (Å²) in [4.78, 5) is 6.31. The molecule has 1 aromatic heterocycles. The summed E-state index contributed by atoms with van der Waals surface area (Å²) in [6, 6.07) is 2.38. The molecule has 0 radical (unpaired) electrons. The van der Waals surface area contributed by atoms with Gasteiger partial charge in [0, 0.05) is 30.9 Å². The van der Waals surface area contributed by atoms with Gasteiger partial charge in [0.2, 0.25) is 0 Å². The molecule has 2 nitrogen and oxygen atoms in total. The van der Waals surface area contributed by atoms with Gasteiger partial charge < -0.3 is 4.90 Å². The molecule has 4 heteroatoms. The number of aromatic nitrogens is 1. The molecule has 1 aromatic rings. The second kappa shape index (κ2) is 5.04. The van der Waals surface area contributed by atoms with Crippen molar-refractivity contribution in [1.82, 2.24) is 4.98 Å². The Labute approximate surface area is 100 Å². The van der Waals surface area contributed by atoms with Crippen LogP contribution in [0.25, 0.3) is 0 Å². The molecule has 15 heavy (non-hydrogen) atoms. The second-order valence-corrected chi connectivity index (χ2v) is 4.54. The highest BCUT2D eigenvalue weighted by molar-refractivity contribution is 6.33. The van der Waals surface area contributed by atoms with Crippen molar-refractivity contribution < 1.29 is 0 Å². The van der Waals surface area contributed by atoms with Gasteiger partial charge in [-0.1, -0.05) is 11.6 Å². The normalized spacial score (nSPS) is 21.7. The first-order chi connectivity index (χ1) is 7.33. The number of halogens is 2. The van der Waals surface area contributed by atoms with Crippen molar-refractivity contribution in [3.8, 4) is 0 Å². The second-order valence-electron chi connectivity index (χ2n) is 3.82. The van der Waals surface area contributed by atoms with Crippen molar-refractivity contribution in [2.45, 2.75) is 25.3 Å². The summed E-state index contributed by atoms with van der Waals surface area (Å²) in [5.74, 6) is 0.665. The lowest BCUT2D eigenvalue weighted by Crippen LogP contribution is -2.40. The molecule has 0 aliphatic carbocycles. The van der Waals surface area contributed by atoms with Crippen LogP contribution in [0, 0.1) is 0 Å². The summed E-state index contributed by atoms with van der Waals surface area (Å²) in [5.41, 5.74) is 1.07. The number of hydrogen-bond acceptors (Lipinski definition) is 2. The summed E-state index contributed by atoms with van der Waals surface area (Å²) < 4.78 is 0. The maximum absolute atomic E-state index is 6.13. The molecule has 0 aromatic carbocycles. The Morgan fingerprint density at radius 1 is 1.47 bits per heavy atom. The van der Waals surface area contributed by atoms with Crippen LogP contribution >= 0.6 is 23.2 Å². The molecule has 0 bridgehead atoms. The zero-order valence-electron chi connectivity index (χ0n) is 8.50. The lowest BCUT2D eigenvalue weighted by Gasteiger charge is -2.36. The van der Waals surface area contributed by atoms with Gasteiger partial charge in [-0.05, 0) is 25.3 Å². The SMILES string of the molecule is ClCC1CCCCN1c1ccncc1Cl. The highest BCUT2D eigenvalue weighted by Gasteiger charge is 2.23. The monoisotopic (exact) mass is 244 g/mol. The third-order valence-electron chi connectivity index (χ3n) is 2.87. The van der Waals surface area contributed by atoms with Crippen LogP contribution in [-0.2, 0) is 0 Å². The third-order valence-corrected chi connectivity index (χ3v) is 3.51. The highest BCUT2D eigenvalue weighted by atomic mass is 35.5. The van der Waals surface area contributed by atoms with Gasteiger partial charge in [0.25, 0.3) is 0 Å². The fourth-order valence-electron chi connectivity index (χ4n) is 2.08. The standard InChI is InChI=1S/C11H14Cl2N2/c12-7-9-3-1-2-6-15(9)11-4-5-14-8-10(11)13/h4-5,8-9H,1-3,6-7H2. The quantitative estimate of drug-likeness (QED) is 0.743. The average Bonchev–Trinajstić information content (AvgIpc) is 2.30. The summed E-state index contributed by atoms with van der Waals surface area (Å²) in [6.07, 6.45) is 7.10. The van der Waals surface area contributed by atoms with Gasteiger partial charge in [-0.15, -0.1) is 11.6 Å². The first-order valence-corrected chi connectivity index (χ1v) is 6.16. The van der Waals surface area contributed by atoms with Crippen LogP contribution in [0.2, 0.25) is 5.02 Å². The Balaban J connectivity index is 2.24. The molecule has 0 saturated carbocycles. The minimum absolute atomic E-state index is 0.417. The molecule has 2 heterocycles. The summed E-state index contributed by atoms with van der Waals surface area (Å²) in [6.45, 7) is 1.04. The van der Waals surface area contributed by atoms with Crippen molar-refractivity contribution >= 4 is 28.9 Å². The van der Waals surface area contributed by atoms with E-state index in [9.17, 15) is 0 Å². The molecule has 1 fully saturated rings. The van der Waals surface area contributed by atoms with E-state index < -0.39 is 0 Å². The van der Waals surface area contributed by atoms with E-state index in [2.05, 4.69) is 9.88 Å². The molecular formula is C11H14Cl2N2. The van der Waals surface area contributed by atoms with E-state index in [1.165, 1.54) is 12.8 Å². The van der Waals surface area contributed by atoms with Crippen LogP contribution in [0.4, 0.5) is 5.69 Å². The predicted molar refractivity (Wildman–Crippen MR) is 65.0 cm³/mol. The molecular weight excluding hydrogens is 231 g/mol. The van der Waals surface area contributed by atoms with E-state index in [1.54, 1.807) is 12.4 Å². The van der Waals surface area contributed by atoms with Gasteiger partial charge in [0.15, 0.2) is 0 Å². The molecule has 0 N–H and O–H groups in total. The molecule has 1 atom stereocenters. The van der Waals surface area contributed by atoms with Gasteiger partial charge >= 0.3 is 0 Å². The predicted octanol–water partition coefficient (Wildman–Crippen LogP) is 3.33. The van der Waals surface area contributed by atoms with E-state index in [4.69, 9.17) is 23.2 Å². The Morgan fingerprint density at radius 3 is 3.07 bits per heavy atom. The van der Waals surface area contributed by atoms with E-state index in [1.807, 2.05) is 6.07 Å². The van der Waals surface area contributed by atoms with Crippen molar-refractivity contribution in [3.63, 3.8) is 0 Å². The van der Waals surface area contributed by atoms with Crippen LogP contribution in [0.1, 0.15) is 19.3 Å². The van der Waals surface area contributed by atoms with Gasteiger partial charge in [0.1, 0.15) is 0 Å². The van der Waals surface area contributed by atoms with E-state index in [0.29, 0.717) is 11.9 Å². The van der Waals surface area contributed by atoms with Crippen molar-refractivity contribution in [3.05, 3.63) is 23.5 Å². The number of anilines is 1. The van der Waals surface area contributed by atoms with Crippen LogP contribution in [0.15, 0.2) is 18.5 Å². The zero-order chi connectivity index (χ0) is 10.7. The highest BCUT2D eigenvalue weighted by Crippen LogP contribution is 2.30. The first-order valence-electron chi connectivity index (χ1n) is 5.25. The third kappa shape index (κ3) is 2.37. The van der Waals surface area contributed by atoms with E-state index in [-0.39, 0.29) is 0 Å². The maximum Gasteiger partial charge on any atom is 0.0822 e. The first kappa shape index (κ1) is 11.0. The smallest absolute Gasteiger partial charge is 0.0822 e. The Hall–Kier alpha value is -0.470. The Morgan fingerprint density at radius 2 is 2.33 bits per heavy atom. The van der Waals surface area contributed by atoms with Crippen molar-refractivity contribution in [2.24, 2.45) is 0 Å². The lowest BCUT2D eigenvalue weighted by atomic mass is 10.0. The molecule has 0 spiro atoms. The fourth-order valence-corrected chi connectivity index (χ4v) is 2.63.